The Hall–Kier alpha value is -2.15. The Kier molecular flexibility index (Phi) is 5.53. The van der Waals surface area contributed by atoms with Crippen molar-refractivity contribution >= 4 is 51.9 Å². The largest absolute Gasteiger partial charge is 0.331 e. The molecule has 25 heavy (non-hydrogen) atoms. The minimum atomic E-state index is -0.367. The van der Waals surface area contributed by atoms with Crippen molar-refractivity contribution in [3.8, 4) is 0 Å². The minimum absolute atomic E-state index is 0.220. The highest BCUT2D eigenvalue weighted by Crippen LogP contribution is 2.22. The van der Waals surface area contributed by atoms with Crippen molar-refractivity contribution in [1.82, 2.24) is 9.78 Å². The average molecular weight is 395 g/mol. The van der Waals surface area contributed by atoms with E-state index in [0.717, 1.165) is 0 Å². The van der Waals surface area contributed by atoms with Crippen LogP contribution in [0.25, 0.3) is 0 Å². The maximum Gasteiger partial charge on any atom is 0.175 e. The second kappa shape index (κ2) is 7.82. The smallest absolute Gasteiger partial charge is 0.175 e. The van der Waals surface area contributed by atoms with Crippen molar-refractivity contribution in [3.05, 3.63) is 76.3 Å². The number of nitrogens with one attached hydrogen (secondary N) is 2. The molecule has 0 radical (unpaired) electrons. The molecule has 0 spiro atoms. The van der Waals surface area contributed by atoms with Crippen LogP contribution in [0, 0.1) is 5.82 Å². The number of thiocarbonyl (C=S) groups is 1. The van der Waals surface area contributed by atoms with Crippen LogP contribution in [0.2, 0.25) is 10.0 Å². The Bertz CT molecular complexity index is 893. The van der Waals surface area contributed by atoms with E-state index < -0.39 is 0 Å². The summed E-state index contributed by atoms with van der Waals surface area (Å²) < 4.78 is 15.4. The van der Waals surface area contributed by atoms with E-state index in [-0.39, 0.29) is 12.4 Å². The number of hydrogen-bond acceptors (Lipinski definition) is 2. The first-order valence-corrected chi connectivity index (χ1v) is 8.47. The first-order valence-electron chi connectivity index (χ1n) is 7.31. The van der Waals surface area contributed by atoms with Gasteiger partial charge in [0.1, 0.15) is 5.82 Å². The number of halogens is 3. The standard InChI is InChI=1S/C17H13Cl2FN4S/c18-13-5-3-6-15(20)12(13)10-24-9-11(8-21-24)22-17(25)23-16-7-2-1-4-14(16)19/h1-9H,10H2,(H2,22,23,25). The molecule has 0 saturated heterocycles. The minimum Gasteiger partial charge on any atom is -0.331 e. The Morgan fingerprint density at radius 2 is 1.84 bits per heavy atom. The molecule has 3 rings (SSSR count). The van der Waals surface area contributed by atoms with Crippen LogP contribution in [-0.4, -0.2) is 14.9 Å². The molecule has 0 amide bonds. The molecule has 128 valence electrons. The Labute approximate surface area is 159 Å². The molecule has 0 fully saturated rings. The maximum atomic E-state index is 13.8. The second-order valence-electron chi connectivity index (χ2n) is 5.19. The molecule has 0 saturated carbocycles. The van der Waals surface area contributed by atoms with Crippen molar-refractivity contribution in [2.24, 2.45) is 0 Å². The first kappa shape index (κ1) is 17.7. The Balaban J connectivity index is 1.66. The third-order valence-corrected chi connectivity index (χ3v) is 4.28. The summed E-state index contributed by atoms with van der Waals surface area (Å²) in [5, 5.41) is 11.5. The van der Waals surface area contributed by atoms with Crippen molar-refractivity contribution in [1.29, 1.82) is 0 Å². The number of nitrogens with zero attached hydrogens (tertiary/aromatic N) is 2. The normalized spacial score (nSPS) is 10.5. The molecular weight excluding hydrogens is 382 g/mol. The summed E-state index contributed by atoms with van der Waals surface area (Å²) in [6.45, 7) is 0.220. The molecule has 0 aliphatic heterocycles. The predicted molar refractivity (Wildman–Crippen MR) is 104 cm³/mol. The van der Waals surface area contributed by atoms with E-state index in [2.05, 4.69) is 15.7 Å². The van der Waals surface area contributed by atoms with Crippen molar-refractivity contribution in [3.63, 3.8) is 0 Å². The van der Waals surface area contributed by atoms with Crippen LogP contribution in [-0.2, 0) is 6.54 Å². The van der Waals surface area contributed by atoms with Crippen LogP contribution in [0.4, 0.5) is 15.8 Å². The van der Waals surface area contributed by atoms with Crippen LogP contribution in [0.15, 0.2) is 54.9 Å². The van der Waals surface area contributed by atoms with Crippen LogP contribution < -0.4 is 10.6 Å². The van der Waals surface area contributed by atoms with Gasteiger partial charge in [-0.1, -0.05) is 41.4 Å². The third-order valence-electron chi connectivity index (χ3n) is 3.39. The molecule has 1 aromatic heterocycles. The SMILES string of the molecule is Fc1cccc(Cl)c1Cn1cc(NC(=S)Nc2ccccc2Cl)cn1. The fourth-order valence-corrected chi connectivity index (χ4v) is 2.84. The van der Waals surface area contributed by atoms with Crippen molar-refractivity contribution < 1.29 is 4.39 Å². The lowest BCUT2D eigenvalue weighted by molar-refractivity contribution is 0.585. The van der Waals surface area contributed by atoms with Gasteiger partial charge in [-0.3, -0.25) is 4.68 Å². The molecule has 0 aliphatic rings. The van der Waals surface area contributed by atoms with E-state index in [0.29, 0.717) is 32.1 Å². The lowest BCUT2D eigenvalue weighted by Crippen LogP contribution is -2.18. The van der Waals surface area contributed by atoms with Crippen molar-refractivity contribution in [2.75, 3.05) is 10.6 Å². The van der Waals surface area contributed by atoms with Gasteiger partial charge in [0, 0.05) is 16.8 Å². The molecule has 2 aromatic carbocycles. The van der Waals surface area contributed by atoms with E-state index in [1.165, 1.54) is 6.07 Å². The molecular formula is C17H13Cl2FN4S. The van der Waals surface area contributed by atoms with Crippen LogP contribution in [0.3, 0.4) is 0 Å². The number of rotatable bonds is 4. The van der Waals surface area contributed by atoms with Gasteiger partial charge in [-0.25, -0.2) is 4.39 Å². The Morgan fingerprint density at radius 1 is 1.08 bits per heavy atom. The zero-order valence-electron chi connectivity index (χ0n) is 12.8. The molecule has 1 heterocycles. The number of para-hydroxylation sites is 1. The highest BCUT2D eigenvalue weighted by atomic mass is 35.5. The van der Waals surface area contributed by atoms with Gasteiger partial charge in [-0.05, 0) is 36.5 Å². The van der Waals surface area contributed by atoms with Crippen LogP contribution >= 0.6 is 35.4 Å². The predicted octanol–water partition coefficient (Wildman–Crippen LogP) is 5.19. The lowest BCUT2D eigenvalue weighted by Gasteiger charge is -2.10. The topological polar surface area (TPSA) is 41.9 Å². The third kappa shape index (κ3) is 4.48. The fourth-order valence-electron chi connectivity index (χ4n) is 2.21. The van der Waals surface area contributed by atoms with Crippen LogP contribution in [0.1, 0.15) is 5.56 Å². The molecule has 2 N–H and O–H groups in total. The van der Waals surface area contributed by atoms with Crippen LogP contribution in [0.5, 0.6) is 0 Å². The monoisotopic (exact) mass is 394 g/mol. The van der Waals surface area contributed by atoms with E-state index in [1.807, 2.05) is 18.2 Å². The van der Waals surface area contributed by atoms with Crippen molar-refractivity contribution in [2.45, 2.75) is 6.54 Å². The summed E-state index contributed by atoms with van der Waals surface area (Å²) in [6, 6.07) is 11.9. The fraction of sp³-hybridized carbons (Fsp3) is 0.0588. The van der Waals surface area contributed by atoms with Gasteiger partial charge in [0.05, 0.1) is 29.1 Å². The molecule has 8 heteroatoms. The van der Waals surface area contributed by atoms with Gasteiger partial charge >= 0.3 is 0 Å². The van der Waals surface area contributed by atoms with Gasteiger partial charge < -0.3 is 10.6 Å². The zero-order valence-corrected chi connectivity index (χ0v) is 15.2. The molecule has 0 unspecified atom stereocenters. The number of benzene rings is 2. The lowest BCUT2D eigenvalue weighted by atomic mass is 10.2. The summed E-state index contributed by atoms with van der Waals surface area (Å²) in [6.07, 6.45) is 3.30. The molecule has 0 atom stereocenters. The van der Waals surface area contributed by atoms with Gasteiger partial charge in [-0.2, -0.15) is 5.10 Å². The van der Waals surface area contributed by atoms with E-state index >= 15 is 0 Å². The Morgan fingerprint density at radius 3 is 2.60 bits per heavy atom. The number of aromatic nitrogens is 2. The molecule has 3 aromatic rings. The highest BCUT2D eigenvalue weighted by Gasteiger charge is 2.09. The zero-order chi connectivity index (χ0) is 17.8. The molecule has 0 bridgehead atoms. The molecule has 0 aliphatic carbocycles. The summed E-state index contributed by atoms with van der Waals surface area (Å²) >= 11 is 17.4. The quantitative estimate of drug-likeness (QED) is 0.597. The molecule has 4 nitrogen and oxygen atoms in total. The summed E-state index contributed by atoms with van der Waals surface area (Å²) in [5.74, 6) is -0.367. The van der Waals surface area contributed by atoms with Gasteiger partial charge in [0.2, 0.25) is 0 Å². The summed E-state index contributed by atoms with van der Waals surface area (Å²) in [5.41, 5.74) is 1.75. The highest BCUT2D eigenvalue weighted by molar-refractivity contribution is 7.80. The van der Waals surface area contributed by atoms with Gasteiger partial charge in [-0.15, -0.1) is 0 Å². The number of hydrogen-bond donors (Lipinski definition) is 2. The number of anilines is 2. The van der Waals surface area contributed by atoms with E-state index in [9.17, 15) is 4.39 Å². The first-order chi connectivity index (χ1) is 12.0. The maximum absolute atomic E-state index is 13.8. The average Bonchev–Trinajstić information content (AvgIpc) is 3.00. The van der Waals surface area contributed by atoms with E-state index in [1.54, 1.807) is 35.3 Å². The summed E-state index contributed by atoms with van der Waals surface area (Å²) in [4.78, 5) is 0. The summed E-state index contributed by atoms with van der Waals surface area (Å²) in [7, 11) is 0. The van der Waals surface area contributed by atoms with Gasteiger partial charge in [0.25, 0.3) is 0 Å². The van der Waals surface area contributed by atoms with Gasteiger partial charge in [0.15, 0.2) is 5.11 Å². The van der Waals surface area contributed by atoms with E-state index in [4.69, 9.17) is 35.4 Å². The second-order valence-corrected chi connectivity index (χ2v) is 6.41.